The maximum Gasteiger partial charge on any atom is 0.262 e. The molecule has 1 aliphatic heterocycles. The van der Waals surface area contributed by atoms with Crippen molar-refractivity contribution in [1.29, 1.82) is 0 Å². The molecule has 1 aromatic rings. The topological polar surface area (TPSA) is 77.9 Å². The minimum absolute atomic E-state index is 0.162. The van der Waals surface area contributed by atoms with Crippen LogP contribution in [0.25, 0.3) is 0 Å². The van der Waals surface area contributed by atoms with Gasteiger partial charge >= 0.3 is 0 Å². The molecular weight excluding hydrogens is 248 g/mol. The van der Waals surface area contributed by atoms with Gasteiger partial charge in [0.1, 0.15) is 6.54 Å². The zero-order chi connectivity index (χ0) is 14.0. The van der Waals surface area contributed by atoms with E-state index in [1.165, 1.54) is 11.9 Å². The fourth-order valence-corrected chi connectivity index (χ4v) is 1.91. The van der Waals surface area contributed by atoms with E-state index in [9.17, 15) is 14.4 Å². The molecule has 0 spiro atoms. The first-order chi connectivity index (χ1) is 9.06. The number of aliphatic hydroxyl groups excluding tert-OH is 1. The van der Waals surface area contributed by atoms with E-state index in [-0.39, 0.29) is 25.6 Å². The summed E-state index contributed by atoms with van der Waals surface area (Å²) in [6, 6.07) is 6.48. The number of imide groups is 1. The van der Waals surface area contributed by atoms with Crippen LogP contribution in [0.2, 0.25) is 0 Å². The lowest BCUT2D eigenvalue weighted by Gasteiger charge is -2.19. The van der Waals surface area contributed by atoms with E-state index >= 15 is 0 Å². The summed E-state index contributed by atoms with van der Waals surface area (Å²) in [4.78, 5) is 38.0. The molecule has 100 valence electrons. The van der Waals surface area contributed by atoms with Gasteiger partial charge in [0.15, 0.2) is 0 Å². The molecule has 0 radical (unpaired) electrons. The minimum atomic E-state index is -0.452. The fraction of sp³-hybridized carbons (Fsp3) is 0.308. The Morgan fingerprint density at radius 2 is 1.74 bits per heavy atom. The summed E-state index contributed by atoms with van der Waals surface area (Å²) in [5, 5.41) is 8.75. The van der Waals surface area contributed by atoms with Crippen molar-refractivity contribution in [1.82, 2.24) is 9.80 Å². The van der Waals surface area contributed by atoms with Gasteiger partial charge in [0, 0.05) is 13.6 Å². The summed E-state index contributed by atoms with van der Waals surface area (Å²) in [7, 11) is 1.51. The van der Waals surface area contributed by atoms with Gasteiger partial charge in [0.05, 0.1) is 17.7 Å². The molecule has 0 fully saturated rings. The summed E-state index contributed by atoms with van der Waals surface area (Å²) in [6.45, 7) is -0.296. The Kier molecular flexibility index (Phi) is 3.62. The third-order valence-corrected chi connectivity index (χ3v) is 3.03. The SMILES string of the molecule is CN(CCO)C(=O)CN1C(=O)c2ccccc2C1=O. The second kappa shape index (κ2) is 5.19. The molecular formula is C13H14N2O4. The number of rotatable bonds is 4. The van der Waals surface area contributed by atoms with Gasteiger partial charge in [0.25, 0.3) is 11.8 Å². The molecule has 0 aromatic heterocycles. The summed E-state index contributed by atoms with van der Waals surface area (Å²) in [5.41, 5.74) is 0.648. The van der Waals surface area contributed by atoms with Crippen molar-refractivity contribution in [3.05, 3.63) is 35.4 Å². The summed E-state index contributed by atoms with van der Waals surface area (Å²) in [5.74, 6) is -1.29. The second-order valence-electron chi connectivity index (χ2n) is 4.28. The van der Waals surface area contributed by atoms with Crippen LogP contribution in [-0.4, -0.2) is 59.4 Å². The average Bonchev–Trinajstić information content (AvgIpc) is 2.65. The summed E-state index contributed by atoms with van der Waals surface area (Å²) in [6.07, 6.45) is 0. The van der Waals surface area contributed by atoms with Crippen molar-refractivity contribution in [3.63, 3.8) is 0 Å². The van der Waals surface area contributed by atoms with Gasteiger partial charge in [-0.15, -0.1) is 0 Å². The molecule has 1 aliphatic rings. The number of carbonyl (C=O) groups is 3. The molecule has 2 rings (SSSR count). The number of benzene rings is 1. The quantitative estimate of drug-likeness (QED) is 0.758. The molecule has 6 heteroatoms. The predicted octanol–water partition coefficient (Wildman–Crippen LogP) is -0.267. The van der Waals surface area contributed by atoms with E-state index in [2.05, 4.69) is 0 Å². The van der Waals surface area contributed by atoms with Gasteiger partial charge in [-0.2, -0.15) is 0 Å². The number of aliphatic hydroxyl groups is 1. The number of hydrogen-bond acceptors (Lipinski definition) is 4. The third kappa shape index (κ3) is 2.34. The van der Waals surface area contributed by atoms with Gasteiger partial charge in [-0.05, 0) is 12.1 Å². The molecule has 1 aromatic carbocycles. The van der Waals surface area contributed by atoms with E-state index in [1.807, 2.05) is 0 Å². The Balaban J connectivity index is 2.14. The lowest BCUT2D eigenvalue weighted by Crippen LogP contribution is -2.42. The molecule has 0 saturated carbocycles. The van der Waals surface area contributed by atoms with Crippen molar-refractivity contribution < 1.29 is 19.5 Å². The molecule has 0 aliphatic carbocycles. The van der Waals surface area contributed by atoms with Crippen molar-refractivity contribution in [3.8, 4) is 0 Å². The molecule has 1 N–H and O–H groups in total. The van der Waals surface area contributed by atoms with E-state index in [0.29, 0.717) is 11.1 Å². The Morgan fingerprint density at radius 3 is 2.21 bits per heavy atom. The Bertz CT molecular complexity index is 506. The van der Waals surface area contributed by atoms with Crippen LogP contribution in [0.15, 0.2) is 24.3 Å². The van der Waals surface area contributed by atoms with Crippen LogP contribution in [0.1, 0.15) is 20.7 Å². The van der Waals surface area contributed by atoms with Gasteiger partial charge in [-0.1, -0.05) is 12.1 Å². The van der Waals surface area contributed by atoms with E-state index in [4.69, 9.17) is 5.11 Å². The minimum Gasteiger partial charge on any atom is -0.395 e. The Morgan fingerprint density at radius 1 is 1.21 bits per heavy atom. The first-order valence-corrected chi connectivity index (χ1v) is 5.86. The molecule has 0 bridgehead atoms. The van der Waals surface area contributed by atoms with Crippen LogP contribution in [0.3, 0.4) is 0 Å². The van der Waals surface area contributed by atoms with Crippen LogP contribution in [0, 0.1) is 0 Å². The standard InChI is InChI=1S/C13H14N2O4/c1-14(6-7-16)11(17)8-15-12(18)9-4-2-3-5-10(9)13(15)19/h2-5,16H,6-8H2,1H3. The van der Waals surface area contributed by atoms with Crippen molar-refractivity contribution in [2.75, 3.05) is 26.7 Å². The maximum atomic E-state index is 12.0. The van der Waals surface area contributed by atoms with Crippen LogP contribution < -0.4 is 0 Å². The van der Waals surface area contributed by atoms with Crippen molar-refractivity contribution in [2.24, 2.45) is 0 Å². The monoisotopic (exact) mass is 262 g/mol. The highest BCUT2D eigenvalue weighted by atomic mass is 16.3. The van der Waals surface area contributed by atoms with E-state index in [0.717, 1.165) is 4.90 Å². The number of hydrogen-bond donors (Lipinski definition) is 1. The van der Waals surface area contributed by atoms with Crippen molar-refractivity contribution >= 4 is 17.7 Å². The lowest BCUT2D eigenvalue weighted by molar-refractivity contribution is -0.130. The highest BCUT2D eigenvalue weighted by molar-refractivity contribution is 6.22. The second-order valence-corrected chi connectivity index (χ2v) is 4.28. The lowest BCUT2D eigenvalue weighted by atomic mass is 10.1. The highest BCUT2D eigenvalue weighted by Crippen LogP contribution is 2.22. The Hall–Kier alpha value is -2.21. The van der Waals surface area contributed by atoms with E-state index < -0.39 is 11.8 Å². The molecule has 6 nitrogen and oxygen atoms in total. The first kappa shape index (κ1) is 13.2. The van der Waals surface area contributed by atoms with Gasteiger partial charge in [-0.3, -0.25) is 19.3 Å². The van der Waals surface area contributed by atoms with Crippen LogP contribution in [0.5, 0.6) is 0 Å². The van der Waals surface area contributed by atoms with Crippen LogP contribution in [0.4, 0.5) is 0 Å². The Labute approximate surface area is 110 Å². The average molecular weight is 262 g/mol. The zero-order valence-electron chi connectivity index (χ0n) is 10.5. The molecule has 1 heterocycles. The first-order valence-electron chi connectivity index (χ1n) is 5.86. The molecule has 3 amide bonds. The fourth-order valence-electron chi connectivity index (χ4n) is 1.91. The largest absolute Gasteiger partial charge is 0.395 e. The third-order valence-electron chi connectivity index (χ3n) is 3.03. The molecule has 0 unspecified atom stereocenters. The predicted molar refractivity (Wildman–Crippen MR) is 66.5 cm³/mol. The smallest absolute Gasteiger partial charge is 0.262 e. The maximum absolute atomic E-state index is 12.0. The van der Waals surface area contributed by atoms with Gasteiger partial charge in [0.2, 0.25) is 5.91 Å². The number of carbonyl (C=O) groups excluding carboxylic acids is 3. The molecule has 19 heavy (non-hydrogen) atoms. The number of likely N-dealkylation sites (N-methyl/N-ethyl adjacent to an activating group) is 1. The number of nitrogens with zero attached hydrogens (tertiary/aromatic N) is 2. The molecule has 0 atom stereocenters. The number of fused-ring (bicyclic) bond motifs is 1. The van der Waals surface area contributed by atoms with Crippen molar-refractivity contribution in [2.45, 2.75) is 0 Å². The summed E-state index contributed by atoms with van der Waals surface area (Å²) >= 11 is 0. The van der Waals surface area contributed by atoms with Crippen LogP contribution in [-0.2, 0) is 4.79 Å². The zero-order valence-corrected chi connectivity index (χ0v) is 10.5. The normalized spacial score (nSPS) is 13.7. The molecule has 0 saturated heterocycles. The summed E-state index contributed by atoms with van der Waals surface area (Å²) < 4.78 is 0. The van der Waals surface area contributed by atoms with Crippen LogP contribution >= 0.6 is 0 Å². The number of amides is 3. The highest BCUT2D eigenvalue weighted by Gasteiger charge is 2.36. The van der Waals surface area contributed by atoms with E-state index in [1.54, 1.807) is 24.3 Å². The van der Waals surface area contributed by atoms with Gasteiger partial charge in [-0.25, -0.2) is 0 Å². The van der Waals surface area contributed by atoms with Gasteiger partial charge < -0.3 is 10.0 Å².